The molecule has 0 spiro atoms. The lowest BCUT2D eigenvalue weighted by molar-refractivity contribution is -0.116. The van der Waals surface area contributed by atoms with Crippen molar-refractivity contribution >= 4 is 44.3 Å². The van der Waals surface area contributed by atoms with E-state index in [-0.39, 0.29) is 23.6 Å². The van der Waals surface area contributed by atoms with Crippen molar-refractivity contribution < 1.29 is 4.79 Å². The fraction of sp³-hybridized carbons (Fsp3) is 0.136. The van der Waals surface area contributed by atoms with Gasteiger partial charge in [-0.25, -0.2) is 14.8 Å². The summed E-state index contributed by atoms with van der Waals surface area (Å²) < 4.78 is 4.80. The van der Waals surface area contributed by atoms with E-state index in [4.69, 9.17) is 0 Å². The van der Waals surface area contributed by atoms with Gasteiger partial charge in [-0.3, -0.25) is 18.7 Å². The van der Waals surface area contributed by atoms with Gasteiger partial charge in [0.2, 0.25) is 5.91 Å². The van der Waals surface area contributed by atoms with Crippen LogP contribution in [0.15, 0.2) is 64.4 Å². The second kappa shape index (κ2) is 7.57. The van der Waals surface area contributed by atoms with Gasteiger partial charge >= 0.3 is 5.69 Å². The molecule has 1 amide bonds. The molecule has 0 fully saturated rings. The standard InChI is InChI=1S/C22H18N6O3S/c1-26-19-18(21(30)27(2)22(26)31)28(12-23-19)11-17(29)24-14-8-4-3-7-13(14)20-25-15-9-5-6-10-16(15)32-20/h3-10,12H,11H2,1-2H3,(H,24,29). The predicted molar refractivity (Wildman–Crippen MR) is 124 cm³/mol. The molecular formula is C22H18N6O3S. The number of rotatable bonds is 4. The van der Waals surface area contributed by atoms with Crippen molar-refractivity contribution in [2.75, 3.05) is 5.32 Å². The van der Waals surface area contributed by atoms with Gasteiger partial charge in [0.15, 0.2) is 11.2 Å². The zero-order valence-electron chi connectivity index (χ0n) is 17.3. The van der Waals surface area contributed by atoms with Crippen molar-refractivity contribution in [3.63, 3.8) is 0 Å². The number of carbonyl (C=O) groups excluding carboxylic acids is 1. The van der Waals surface area contributed by atoms with E-state index in [1.54, 1.807) is 11.3 Å². The number of thiazole rings is 1. The maximum Gasteiger partial charge on any atom is 0.332 e. The number of aromatic nitrogens is 5. The highest BCUT2D eigenvalue weighted by Gasteiger charge is 2.17. The minimum atomic E-state index is -0.497. The second-order valence-electron chi connectivity index (χ2n) is 7.33. The molecule has 10 heteroatoms. The smallest absolute Gasteiger partial charge is 0.324 e. The molecule has 0 atom stereocenters. The number of hydrogen-bond acceptors (Lipinski definition) is 6. The molecule has 0 aliphatic rings. The van der Waals surface area contributed by atoms with E-state index in [0.29, 0.717) is 5.69 Å². The van der Waals surface area contributed by atoms with Crippen LogP contribution in [0, 0.1) is 0 Å². The van der Waals surface area contributed by atoms with Gasteiger partial charge in [-0.05, 0) is 24.3 Å². The molecule has 32 heavy (non-hydrogen) atoms. The summed E-state index contributed by atoms with van der Waals surface area (Å²) in [6, 6.07) is 15.3. The molecule has 0 saturated heterocycles. The summed E-state index contributed by atoms with van der Waals surface area (Å²) in [5, 5.41) is 3.72. The summed E-state index contributed by atoms with van der Waals surface area (Å²) in [6.07, 6.45) is 1.39. The van der Waals surface area contributed by atoms with Crippen LogP contribution in [0.1, 0.15) is 0 Å². The lowest BCUT2D eigenvalue weighted by Crippen LogP contribution is -2.37. The van der Waals surface area contributed by atoms with Gasteiger partial charge < -0.3 is 9.88 Å². The van der Waals surface area contributed by atoms with Crippen molar-refractivity contribution in [1.29, 1.82) is 0 Å². The molecule has 9 nitrogen and oxygen atoms in total. The molecule has 0 radical (unpaired) electrons. The number of hydrogen-bond donors (Lipinski definition) is 1. The third-order valence-corrected chi connectivity index (χ3v) is 6.33. The Labute approximate surface area is 185 Å². The van der Waals surface area contributed by atoms with E-state index >= 15 is 0 Å². The monoisotopic (exact) mass is 446 g/mol. The Morgan fingerprint density at radius 3 is 2.59 bits per heavy atom. The Bertz CT molecular complexity index is 1590. The number of nitrogens with one attached hydrogen (secondary N) is 1. The van der Waals surface area contributed by atoms with Crippen LogP contribution in [-0.2, 0) is 25.4 Å². The first-order valence-corrected chi connectivity index (χ1v) is 10.6. The number of carbonyl (C=O) groups is 1. The van der Waals surface area contributed by atoms with E-state index in [0.717, 1.165) is 25.4 Å². The van der Waals surface area contributed by atoms with Crippen molar-refractivity contribution in [3.8, 4) is 10.6 Å². The molecule has 3 aromatic heterocycles. The number of aryl methyl sites for hydroxylation is 1. The highest BCUT2D eigenvalue weighted by molar-refractivity contribution is 7.21. The Hall–Kier alpha value is -4.05. The van der Waals surface area contributed by atoms with Gasteiger partial charge in [0, 0.05) is 19.7 Å². The van der Waals surface area contributed by atoms with Crippen LogP contribution >= 0.6 is 11.3 Å². The fourth-order valence-electron chi connectivity index (χ4n) is 3.63. The third-order valence-electron chi connectivity index (χ3n) is 5.26. The number of para-hydroxylation sites is 2. The number of benzene rings is 2. The summed E-state index contributed by atoms with van der Waals surface area (Å²) in [4.78, 5) is 46.4. The molecule has 1 N–H and O–H groups in total. The van der Waals surface area contributed by atoms with Gasteiger partial charge in [-0.15, -0.1) is 11.3 Å². The average molecular weight is 446 g/mol. The summed E-state index contributed by atoms with van der Waals surface area (Å²) in [7, 11) is 2.94. The van der Waals surface area contributed by atoms with Crippen LogP contribution in [0.4, 0.5) is 5.69 Å². The van der Waals surface area contributed by atoms with Crippen LogP contribution in [0.3, 0.4) is 0 Å². The van der Waals surface area contributed by atoms with E-state index < -0.39 is 11.2 Å². The van der Waals surface area contributed by atoms with E-state index in [1.165, 1.54) is 29.6 Å². The van der Waals surface area contributed by atoms with Gasteiger partial charge in [-0.1, -0.05) is 24.3 Å². The summed E-state index contributed by atoms with van der Waals surface area (Å²) in [6.45, 7) is -0.127. The quantitative estimate of drug-likeness (QED) is 0.456. The largest absolute Gasteiger partial charge is 0.332 e. The minimum absolute atomic E-state index is 0.127. The van der Waals surface area contributed by atoms with Crippen LogP contribution in [0.2, 0.25) is 0 Å². The van der Waals surface area contributed by atoms with Crippen LogP contribution < -0.4 is 16.6 Å². The normalized spacial score (nSPS) is 11.3. The number of anilines is 1. The van der Waals surface area contributed by atoms with Crippen LogP contribution in [-0.4, -0.2) is 29.6 Å². The first-order chi connectivity index (χ1) is 15.4. The highest BCUT2D eigenvalue weighted by atomic mass is 32.1. The Morgan fingerprint density at radius 1 is 1.03 bits per heavy atom. The zero-order chi connectivity index (χ0) is 22.4. The van der Waals surface area contributed by atoms with E-state index in [1.807, 2.05) is 48.5 Å². The number of imidazole rings is 1. The molecule has 0 bridgehead atoms. The lowest BCUT2D eigenvalue weighted by Gasteiger charge is -2.10. The lowest BCUT2D eigenvalue weighted by atomic mass is 10.2. The first kappa shape index (κ1) is 19.9. The molecule has 5 aromatic rings. The van der Waals surface area contributed by atoms with Crippen LogP contribution in [0.5, 0.6) is 0 Å². The maximum absolute atomic E-state index is 12.9. The number of amides is 1. The summed E-state index contributed by atoms with van der Waals surface area (Å²) in [5.74, 6) is -0.325. The van der Waals surface area contributed by atoms with Crippen molar-refractivity contribution in [1.82, 2.24) is 23.7 Å². The molecular weight excluding hydrogens is 428 g/mol. The van der Waals surface area contributed by atoms with Crippen molar-refractivity contribution in [2.24, 2.45) is 14.1 Å². The van der Waals surface area contributed by atoms with E-state index in [2.05, 4.69) is 15.3 Å². The first-order valence-electron chi connectivity index (χ1n) is 9.79. The van der Waals surface area contributed by atoms with Crippen LogP contribution in [0.25, 0.3) is 32.0 Å². The Kier molecular flexibility index (Phi) is 4.71. The molecule has 5 rings (SSSR count). The predicted octanol–water partition coefficient (Wildman–Crippen LogP) is 2.35. The SMILES string of the molecule is Cn1c(=O)c2c(ncn2CC(=O)Nc2ccccc2-c2nc3ccccc3s2)n(C)c1=O. The average Bonchev–Trinajstić information content (AvgIpc) is 3.41. The minimum Gasteiger partial charge on any atom is -0.324 e. The highest BCUT2D eigenvalue weighted by Crippen LogP contribution is 2.34. The Balaban J connectivity index is 1.47. The van der Waals surface area contributed by atoms with Gasteiger partial charge in [-0.2, -0.15) is 0 Å². The molecule has 160 valence electrons. The number of fused-ring (bicyclic) bond motifs is 2. The van der Waals surface area contributed by atoms with Gasteiger partial charge in [0.1, 0.15) is 11.6 Å². The maximum atomic E-state index is 12.9. The topological polar surface area (TPSA) is 104 Å². The van der Waals surface area contributed by atoms with Gasteiger partial charge in [0.05, 0.1) is 22.2 Å². The zero-order valence-corrected chi connectivity index (χ0v) is 18.1. The molecule has 0 unspecified atom stereocenters. The van der Waals surface area contributed by atoms with Crippen molar-refractivity contribution in [3.05, 3.63) is 75.7 Å². The molecule has 0 saturated carbocycles. The molecule has 2 aromatic carbocycles. The van der Waals surface area contributed by atoms with Crippen molar-refractivity contribution in [2.45, 2.75) is 6.54 Å². The van der Waals surface area contributed by atoms with Gasteiger partial charge in [0.25, 0.3) is 5.56 Å². The summed E-state index contributed by atoms with van der Waals surface area (Å²) in [5.41, 5.74) is 1.81. The number of nitrogens with zero attached hydrogens (tertiary/aromatic N) is 5. The second-order valence-corrected chi connectivity index (χ2v) is 8.36. The third kappa shape index (κ3) is 3.21. The Morgan fingerprint density at radius 2 is 1.78 bits per heavy atom. The summed E-state index contributed by atoms with van der Waals surface area (Å²) >= 11 is 1.55. The fourth-order valence-corrected chi connectivity index (χ4v) is 4.63. The van der Waals surface area contributed by atoms with E-state index in [9.17, 15) is 14.4 Å². The molecule has 0 aliphatic heterocycles. The molecule has 0 aliphatic carbocycles. The molecule has 3 heterocycles.